The van der Waals surface area contributed by atoms with E-state index in [4.69, 9.17) is 14.2 Å². The second-order valence-corrected chi connectivity index (χ2v) is 18.1. The molecule has 0 rings (SSSR count). The molecule has 0 heterocycles. The van der Waals surface area contributed by atoms with E-state index >= 15 is 0 Å². The molecule has 0 aromatic heterocycles. The van der Waals surface area contributed by atoms with Gasteiger partial charge in [-0.15, -0.1) is 0 Å². The number of hydrogen-bond donors (Lipinski definition) is 0. The Morgan fingerprint density at radius 3 is 0.953 bits per heavy atom. The van der Waals surface area contributed by atoms with Gasteiger partial charge in [-0.2, -0.15) is 0 Å². The summed E-state index contributed by atoms with van der Waals surface area (Å²) >= 11 is 0. The molecule has 1 unspecified atom stereocenters. The molecule has 0 aliphatic heterocycles. The van der Waals surface area contributed by atoms with Crippen LogP contribution in [0.5, 0.6) is 0 Å². The van der Waals surface area contributed by atoms with Gasteiger partial charge in [-0.25, -0.2) is 0 Å². The van der Waals surface area contributed by atoms with Crippen molar-refractivity contribution in [3.8, 4) is 0 Å². The molecule has 370 valence electrons. The number of carbonyl (C=O) groups is 3. The minimum absolute atomic E-state index is 0.0776. The Hall–Kier alpha value is -2.89. The van der Waals surface area contributed by atoms with E-state index in [2.05, 4.69) is 81.5 Å². The van der Waals surface area contributed by atoms with Gasteiger partial charge in [-0.1, -0.05) is 248 Å². The number of ether oxygens (including phenoxy) is 3. The van der Waals surface area contributed by atoms with E-state index in [0.717, 1.165) is 109 Å². The second kappa shape index (κ2) is 52.7. The van der Waals surface area contributed by atoms with Crippen LogP contribution in [-0.2, 0) is 28.6 Å². The summed E-state index contributed by atoms with van der Waals surface area (Å²) in [6.07, 6.45) is 65.0. The monoisotopic (exact) mass is 895 g/mol. The summed E-state index contributed by atoms with van der Waals surface area (Å²) in [5, 5.41) is 0. The van der Waals surface area contributed by atoms with Gasteiger partial charge in [0.15, 0.2) is 6.10 Å². The average Bonchev–Trinajstić information content (AvgIpc) is 3.29. The molecular weight excluding hydrogens is 793 g/mol. The molecule has 0 fully saturated rings. The van der Waals surface area contributed by atoms with Gasteiger partial charge in [0.05, 0.1) is 0 Å². The fraction of sp³-hybridized carbons (Fsp3) is 0.776. The van der Waals surface area contributed by atoms with Crippen LogP contribution in [0.3, 0.4) is 0 Å². The quantitative estimate of drug-likeness (QED) is 0.0262. The van der Waals surface area contributed by atoms with Crippen LogP contribution in [0.15, 0.2) is 60.8 Å². The lowest BCUT2D eigenvalue weighted by molar-refractivity contribution is -0.167. The lowest BCUT2D eigenvalue weighted by atomic mass is 10.0. The smallest absolute Gasteiger partial charge is 0.306 e. The maximum Gasteiger partial charge on any atom is 0.306 e. The van der Waals surface area contributed by atoms with Crippen molar-refractivity contribution in [2.24, 2.45) is 0 Å². The molecule has 0 saturated heterocycles. The number of allylic oxidation sites excluding steroid dienone is 10. The van der Waals surface area contributed by atoms with E-state index in [1.807, 2.05) is 0 Å². The highest BCUT2D eigenvalue weighted by atomic mass is 16.6. The van der Waals surface area contributed by atoms with Gasteiger partial charge in [-0.3, -0.25) is 14.4 Å². The van der Waals surface area contributed by atoms with Gasteiger partial charge in [-0.05, 0) is 64.2 Å². The van der Waals surface area contributed by atoms with Crippen LogP contribution in [0.2, 0.25) is 0 Å². The molecule has 0 spiro atoms. The fourth-order valence-electron chi connectivity index (χ4n) is 7.70. The molecule has 0 aromatic carbocycles. The van der Waals surface area contributed by atoms with Crippen LogP contribution in [0.4, 0.5) is 0 Å². The van der Waals surface area contributed by atoms with Gasteiger partial charge in [0.25, 0.3) is 0 Å². The summed E-state index contributed by atoms with van der Waals surface area (Å²) in [5.41, 5.74) is 0. The zero-order chi connectivity index (χ0) is 46.5. The lowest BCUT2D eigenvalue weighted by Gasteiger charge is -2.18. The average molecular weight is 895 g/mol. The van der Waals surface area contributed by atoms with Crippen molar-refractivity contribution in [1.82, 2.24) is 0 Å². The Labute approximate surface area is 396 Å². The number of hydrogen-bond acceptors (Lipinski definition) is 6. The van der Waals surface area contributed by atoms with E-state index in [9.17, 15) is 14.4 Å². The SMILES string of the molecule is CC/C=C\C/C=C\C/C=C\C/C=C\C/C=C\CCCCCCCC(=O)OCC(COC(=O)CCCCCCCCCC)OC(=O)CCCCCCCCCCCCCCCCCCC. The first-order chi connectivity index (χ1) is 31.5. The molecule has 6 heteroatoms. The Kier molecular flexibility index (Phi) is 50.4. The van der Waals surface area contributed by atoms with Gasteiger partial charge < -0.3 is 14.2 Å². The molecular formula is C58H102O6. The topological polar surface area (TPSA) is 78.9 Å². The molecule has 0 aliphatic carbocycles. The fourth-order valence-corrected chi connectivity index (χ4v) is 7.70. The first-order valence-electron chi connectivity index (χ1n) is 27.3. The van der Waals surface area contributed by atoms with Gasteiger partial charge in [0.1, 0.15) is 13.2 Å². The van der Waals surface area contributed by atoms with Crippen molar-refractivity contribution in [1.29, 1.82) is 0 Å². The summed E-state index contributed by atoms with van der Waals surface area (Å²) in [5.74, 6) is -0.892. The number of rotatable bonds is 49. The molecule has 0 bridgehead atoms. The Bertz CT molecular complexity index is 1170. The molecule has 1 atom stereocenters. The Balaban J connectivity index is 4.28. The third-order valence-corrected chi connectivity index (χ3v) is 11.8. The first kappa shape index (κ1) is 61.1. The lowest BCUT2D eigenvalue weighted by Crippen LogP contribution is -2.30. The summed E-state index contributed by atoms with van der Waals surface area (Å²) in [7, 11) is 0. The minimum Gasteiger partial charge on any atom is -0.462 e. The van der Waals surface area contributed by atoms with Crippen LogP contribution < -0.4 is 0 Å². The van der Waals surface area contributed by atoms with E-state index in [0.29, 0.717) is 19.3 Å². The first-order valence-corrected chi connectivity index (χ1v) is 27.3. The third kappa shape index (κ3) is 50.1. The predicted molar refractivity (Wildman–Crippen MR) is 275 cm³/mol. The van der Waals surface area contributed by atoms with Crippen LogP contribution in [-0.4, -0.2) is 37.2 Å². The van der Waals surface area contributed by atoms with Gasteiger partial charge in [0.2, 0.25) is 0 Å². The molecule has 0 aromatic rings. The van der Waals surface area contributed by atoms with Gasteiger partial charge in [0, 0.05) is 19.3 Å². The van der Waals surface area contributed by atoms with E-state index in [-0.39, 0.29) is 31.1 Å². The zero-order valence-electron chi connectivity index (χ0n) is 42.3. The van der Waals surface area contributed by atoms with Crippen LogP contribution >= 0.6 is 0 Å². The molecule has 6 nitrogen and oxygen atoms in total. The Morgan fingerprint density at radius 2 is 0.609 bits per heavy atom. The predicted octanol–water partition coefficient (Wildman–Crippen LogP) is 18.0. The zero-order valence-corrected chi connectivity index (χ0v) is 42.3. The molecule has 0 N–H and O–H groups in total. The van der Waals surface area contributed by atoms with Crippen LogP contribution in [0, 0.1) is 0 Å². The van der Waals surface area contributed by atoms with Crippen LogP contribution in [0.25, 0.3) is 0 Å². The van der Waals surface area contributed by atoms with Gasteiger partial charge >= 0.3 is 17.9 Å². The molecule has 0 amide bonds. The van der Waals surface area contributed by atoms with Crippen molar-refractivity contribution in [3.63, 3.8) is 0 Å². The molecule has 0 radical (unpaired) electrons. The van der Waals surface area contributed by atoms with Crippen molar-refractivity contribution >= 4 is 17.9 Å². The van der Waals surface area contributed by atoms with E-state index in [1.54, 1.807) is 0 Å². The van der Waals surface area contributed by atoms with E-state index in [1.165, 1.54) is 122 Å². The Morgan fingerprint density at radius 1 is 0.328 bits per heavy atom. The highest BCUT2D eigenvalue weighted by Gasteiger charge is 2.19. The standard InChI is InChI=1S/C58H102O6/c1-4-7-10-13-16-19-21-23-25-27-28-29-30-32-33-35-37-39-42-45-48-51-57(60)63-54-55(53-62-56(59)50-47-44-41-18-15-12-9-6-3)64-58(61)52-49-46-43-40-38-36-34-31-26-24-22-20-17-14-11-8-5-2/h7,10,16,19,23,25,28-29,32-33,55H,4-6,8-9,11-15,17-18,20-22,24,26-27,30-31,34-54H2,1-3H3/b10-7-,19-16-,25-23-,29-28-,33-32-. The summed E-state index contributed by atoms with van der Waals surface area (Å²) < 4.78 is 16.8. The number of carbonyl (C=O) groups excluding carboxylic acids is 3. The van der Waals surface area contributed by atoms with Crippen LogP contribution in [0.1, 0.15) is 271 Å². The second-order valence-electron chi connectivity index (χ2n) is 18.1. The molecule has 0 saturated carbocycles. The van der Waals surface area contributed by atoms with Crippen molar-refractivity contribution < 1.29 is 28.6 Å². The maximum absolute atomic E-state index is 12.8. The third-order valence-electron chi connectivity index (χ3n) is 11.8. The molecule has 64 heavy (non-hydrogen) atoms. The normalized spacial score (nSPS) is 12.5. The highest BCUT2D eigenvalue weighted by molar-refractivity contribution is 5.71. The van der Waals surface area contributed by atoms with Crippen molar-refractivity contribution in [2.75, 3.05) is 13.2 Å². The largest absolute Gasteiger partial charge is 0.462 e. The minimum atomic E-state index is -0.777. The van der Waals surface area contributed by atoms with Crippen molar-refractivity contribution in [3.05, 3.63) is 60.8 Å². The highest BCUT2D eigenvalue weighted by Crippen LogP contribution is 2.16. The number of unbranched alkanes of at least 4 members (excludes halogenated alkanes) is 28. The summed E-state index contributed by atoms with van der Waals surface area (Å²) in [6, 6.07) is 0. The van der Waals surface area contributed by atoms with E-state index < -0.39 is 6.10 Å². The summed E-state index contributed by atoms with van der Waals surface area (Å²) in [6.45, 7) is 6.50. The summed E-state index contributed by atoms with van der Waals surface area (Å²) in [4.78, 5) is 37.9. The number of esters is 3. The maximum atomic E-state index is 12.8. The molecule has 0 aliphatic rings. The van der Waals surface area contributed by atoms with Crippen molar-refractivity contribution in [2.45, 2.75) is 277 Å².